The van der Waals surface area contributed by atoms with Crippen molar-refractivity contribution in [2.24, 2.45) is 29.6 Å². The van der Waals surface area contributed by atoms with Gasteiger partial charge in [0.1, 0.15) is 11.6 Å². The van der Waals surface area contributed by atoms with E-state index in [1.54, 1.807) is 0 Å². The summed E-state index contributed by atoms with van der Waals surface area (Å²) in [5.41, 5.74) is -0.128. The van der Waals surface area contributed by atoms with Crippen LogP contribution in [-0.4, -0.2) is 18.5 Å². The van der Waals surface area contributed by atoms with Crippen LogP contribution in [0.2, 0.25) is 0 Å². The largest absolute Gasteiger partial charge is 0.455 e. The minimum Gasteiger partial charge on any atom is -0.455 e. The van der Waals surface area contributed by atoms with Gasteiger partial charge in [-0.1, -0.05) is 0 Å². The third kappa shape index (κ3) is 3.26. The zero-order valence-corrected chi connectivity index (χ0v) is 13.8. The number of rotatable bonds is 4. The Labute approximate surface area is 144 Å². The lowest BCUT2D eigenvalue weighted by atomic mass is 9.52. The number of nitrogens with one attached hydrogen (secondary N) is 1. The number of hydrogen-bond donors (Lipinski definition) is 1. The molecular weight excluding hydrogens is 328 g/mol. The van der Waals surface area contributed by atoms with E-state index < -0.39 is 24.1 Å². The fourth-order valence-corrected chi connectivity index (χ4v) is 5.32. The molecule has 1 N–H and O–H groups in total. The zero-order chi connectivity index (χ0) is 17.6. The molecule has 5 rings (SSSR count). The first kappa shape index (κ1) is 16.5. The number of ether oxygens (including phenoxy) is 1. The van der Waals surface area contributed by atoms with Gasteiger partial charge < -0.3 is 10.1 Å². The number of anilines is 1. The van der Waals surface area contributed by atoms with E-state index in [1.165, 1.54) is 6.42 Å². The van der Waals surface area contributed by atoms with Gasteiger partial charge in [-0.05, 0) is 67.9 Å². The molecule has 4 aliphatic carbocycles. The molecule has 0 atom stereocenters. The zero-order valence-electron chi connectivity index (χ0n) is 13.8. The monoisotopic (exact) mass is 349 g/mol. The molecule has 0 heterocycles. The topological polar surface area (TPSA) is 55.4 Å². The Kier molecular flexibility index (Phi) is 4.21. The van der Waals surface area contributed by atoms with Crippen molar-refractivity contribution in [3.63, 3.8) is 0 Å². The molecule has 4 fully saturated rings. The number of benzene rings is 1. The molecule has 1 aromatic carbocycles. The van der Waals surface area contributed by atoms with Crippen molar-refractivity contribution in [3.05, 3.63) is 29.8 Å². The number of halogens is 2. The normalized spacial score (nSPS) is 32.5. The molecule has 6 heteroatoms. The van der Waals surface area contributed by atoms with E-state index in [-0.39, 0.29) is 17.6 Å². The highest BCUT2D eigenvalue weighted by Gasteiger charge is 2.51. The lowest BCUT2D eigenvalue weighted by molar-refractivity contribution is -0.164. The molecule has 0 aliphatic heterocycles. The average molecular weight is 349 g/mol. The van der Waals surface area contributed by atoms with Crippen molar-refractivity contribution in [2.45, 2.75) is 32.1 Å². The maximum Gasteiger partial charge on any atom is 0.310 e. The maximum absolute atomic E-state index is 13.5. The van der Waals surface area contributed by atoms with E-state index >= 15 is 0 Å². The smallest absolute Gasteiger partial charge is 0.310 e. The van der Waals surface area contributed by atoms with Gasteiger partial charge in [-0.3, -0.25) is 9.59 Å². The quantitative estimate of drug-likeness (QED) is 0.846. The number of carbonyl (C=O) groups is 2. The fraction of sp³-hybridized carbons (Fsp3) is 0.579. The summed E-state index contributed by atoms with van der Waals surface area (Å²) in [6.45, 7) is -0.446. The third-order valence-corrected chi connectivity index (χ3v) is 6.05. The van der Waals surface area contributed by atoms with Gasteiger partial charge in [0.05, 0.1) is 11.6 Å². The van der Waals surface area contributed by atoms with Crippen molar-refractivity contribution in [3.8, 4) is 0 Å². The summed E-state index contributed by atoms with van der Waals surface area (Å²) in [7, 11) is 0. The summed E-state index contributed by atoms with van der Waals surface area (Å²) in [6.07, 6.45) is 5.69. The lowest BCUT2D eigenvalue weighted by Gasteiger charge is -2.53. The van der Waals surface area contributed by atoms with Gasteiger partial charge in [0, 0.05) is 6.07 Å². The maximum atomic E-state index is 13.5. The predicted octanol–water partition coefficient (Wildman–Crippen LogP) is 3.52. The third-order valence-electron chi connectivity index (χ3n) is 6.05. The summed E-state index contributed by atoms with van der Waals surface area (Å²) >= 11 is 0. The Morgan fingerprint density at radius 1 is 1.04 bits per heavy atom. The van der Waals surface area contributed by atoms with Crippen LogP contribution in [0.25, 0.3) is 0 Å². The summed E-state index contributed by atoms with van der Waals surface area (Å²) in [4.78, 5) is 24.4. The van der Waals surface area contributed by atoms with Gasteiger partial charge in [0.25, 0.3) is 5.91 Å². The molecule has 134 valence electrons. The molecule has 0 saturated heterocycles. The summed E-state index contributed by atoms with van der Waals surface area (Å²) < 4.78 is 31.6. The van der Waals surface area contributed by atoms with Crippen molar-refractivity contribution >= 4 is 17.6 Å². The minimum absolute atomic E-state index is 0.0943. The first-order valence-corrected chi connectivity index (χ1v) is 8.91. The summed E-state index contributed by atoms with van der Waals surface area (Å²) in [5, 5.41) is 2.30. The van der Waals surface area contributed by atoms with Crippen molar-refractivity contribution in [1.29, 1.82) is 0 Å². The summed E-state index contributed by atoms with van der Waals surface area (Å²) in [6, 6.07) is 2.89. The highest BCUT2D eigenvalue weighted by molar-refractivity contribution is 5.93. The van der Waals surface area contributed by atoms with Gasteiger partial charge in [0.2, 0.25) is 0 Å². The average Bonchev–Trinajstić information content (AvgIpc) is 2.54. The molecule has 0 aromatic heterocycles. The molecule has 4 bridgehead atoms. The highest BCUT2D eigenvalue weighted by Crippen LogP contribution is 2.56. The van der Waals surface area contributed by atoms with Gasteiger partial charge in [-0.2, -0.15) is 0 Å². The Morgan fingerprint density at radius 3 is 2.28 bits per heavy atom. The van der Waals surface area contributed by atoms with E-state index in [2.05, 4.69) is 5.32 Å². The van der Waals surface area contributed by atoms with Crippen LogP contribution >= 0.6 is 0 Å². The predicted molar refractivity (Wildman–Crippen MR) is 86.5 cm³/mol. The van der Waals surface area contributed by atoms with E-state index in [4.69, 9.17) is 4.74 Å². The molecule has 1 amide bonds. The Bertz CT molecular complexity index is 678. The van der Waals surface area contributed by atoms with Crippen LogP contribution in [-0.2, 0) is 14.3 Å². The SMILES string of the molecule is O=C(COC(=O)C1C2CC3CC(C2)CC1C3)Nc1ccc(F)cc1F. The number of hydrogen-bond acceptors (Lipinski definition) is 3. The minimum atomic E-state index is -0.860. The molecule has 4 aliphatic rings. The van der Waals surface area contributed by atoms with Crippen LogP contribution in [0.15, 0.2) is 18.2 Å². The molecule has 0 radical (unpaired) electrons. The molecule has 0 spiro atoms. The van der Waals surface area contributed by atoms with Gasteiger partial charge in [-0.15, -0.1) is 0 Å². The molecule has 25 heavy (non-hydrogen) atoms. The summed E-state index contributed by atoms with van der Waals surface area (Å²) in [5.74, 6) is -0.297. The second-order valence-electron chi connectivity index (χ2n) is 7.74. The standard InChI is InChI=1S/C19H21F2NO3/c20-14-1-2-16(15(21)8-14)22-17(23)9-25-19(24)18-12-4-10-3-11(6-12)7-13(18)5-10/h1-2,8,10-13,18H,3-7,9H2,(H,22,23). The van der Waals surface area contributed by atoms with Crippen LogP contribution in [0.1, 0.15) is 32.1 Å². The van der Waals surface area contributed by atoms with Crippen molar-refractivity contribution in [2.75, 3.05) is 11.9 Å². The van der Waals surface area contributed by atoms with Crippen LogP contribution < -0.4 is 5.32 Å². The number of amides is 1. The Balaban J connectivity index is 1.32. The highest BCUT2D eigenvalue weighted by atomic mass is 19.1. The van der Waals surface area contributed by atoms with Gasteiger partial charge in [-0.25, -0.2) is 8.78 Å². The molecule has 4 saturated carbocycles. The van der Waals surface area contributed by atoms with E-state index in [0.29, 0.717) is 17.9 Å². The molecular formula is C19H21F2NO3. The van der Waals surface area contributed by atoms with Crippen LogP contribution in [0.5, 0.6) is 0 Å². The lowest BCUT2D eigenvalue weighted by Crippen LogP contribution is -2.48. The van der Waals surface area contributed by atoms with E-state index in [9.17, 15) is 18.4 Å². The first-order chi connectivity index (χ1) is 12.0. The van der Waals surface area contributed by atoms with E-state index in [1.807, 2.05) is 0 Å². The molecule has 1 aromatic rings. The van der Waals surface area contributed by atoms with E-state index in [0.717, 1.165) is 49.7 Å². The Hall–Kier alpha value is -1.98. The van der Waals surface area contributed by atoms with Crippen molar-refractivity contribution < 1.29 is 23.1 Å². The first-order valence-electron chi connectivity index (χ1n) is 8.91. The second-order valence-corrected chi connectivity index (χ2v) is 7.74. The van der Waals surface area contributed by atoms with Gasteiger partial charge in [0.15, 0.2) is 6.61 Å². The van der Waals surface area contributed by atoms with Crippen LogP contribution in [0.4, 0.5) is 14.5 Å². The number of esters is 1. The Morgan fingerprint density at radius 2 is 1.68 bits per heavy atom. The molecule has 0 unspecified atom stereocenters. The van der Waals surface area contributed by atoms with Crippen molar-refractivity contribution in [1.82, 2.24) is 0 Å². The second kappa shape index (κ2) is 6.39. The molecule has 4 nitrogen and oxygen atoms in total. The van der Waals surface area contributed by atoms with Gasteiger partial charge >= 0.3 is 5.97 Å². The van der Waals surface area contributed by atoms with Crippen LogP contribution in [0.3, 0.4) is 0 Å². The number of carbonyl (C=O) groups excluding carboxylic acids is 2. The fourth-order valence-electron chi connectivity index (χ4n) is 5.32. The van der Waals surface area contributed by atoms with Crippen LogP contribution in [0, 0.1) is 41.2 Å².